The van der Waals surface area contributed by atoms with Crippen LogP contribution in [0.15, 0.2) is 0 Å². The molecule has 2 atom stereocenters. The van der Waals surface area contributed by atoms with Crippen molar-refractivity contribution in [3.63, 3.8) is 0 Å². The molecule has 0 N–H and O–H groups in total. The van der Waals surface area contributed by atoms with Crippen molar-refractivity contribution in [3.8, 4) is 0 Å². The molecule has 0 bridgehead atoms. The first kappa shape index (κ1) is 19.3. The Kier molecular flexibility index (Phi) is 6.95. The van der Waals surface area contributed by atoms with Gasteiger partial charge in [-0.15, -0.1) is 0 Å². The summed E-state index contributed by atoms with van der Waals surface area (Å²) in [6, 6.07) is 0. The van der Waals surface area contributed by atoms with Crippen molar-refractivity contribution in [2.45, 2.75) is 46.9 Å². The Morgan fingerprint density at radius 3 is 1.26 bits per heavy atom. The first-order chi connectivity index (χ1) is 8.58. The summed E-state index contributed by atoms with van der Waals surface area (Å²) in [5.74, 6) is 0. The second kappa shape index (κ2) is 6.84. The van der Waals surface area contributed by atoms with Gasteiger partial charge in [-0.1, -0.05) is 0 Å². The molecule has 0 aliphatic heterocycles. The predicted octanol–water partition coefficient (Wildman–Crippen LogP) is 3.57. The Bertz CT molecular complexity index is 261. The zero-order chi connectivity index (χ0) is 15.5. The van der Waals surface area contributed by atoms with Crippen molar-refractivity contribution >= 4 is 19.2 Å². The van der Waals surface area contributed by atoms with E-state index in [0.29, 0.717) is 14.2 Å². The van der Waals surface area contributed by atoms with E-state index in [1.807, 2.05) is 0 Å². The van der Waals surface area contributed by atoms with Crippen molar-refractivity contribution in [2.75, 3.05) is 14.2 Å². The van der Waals surface area contributed by atoms with E-state index < -0.39 is 52.3 Å². The van der Waals surface area contributed by atoms with Crippen LogP contribution in [-0.2, 0) is 6.15 Å². The topological polar surface area (TPSA) is 18.5 Å². The van der Waals surface area contributed by atoms with Crippen LogP contribution >= 0.6 is 0 Å². The molecule has 116 valence electrons. The van der Waals surface area contributed by atoms with Crippen LogP contribution in [0.3, 0.4) is 0 Å². The van der Waals surface area contributed by atoms with Crippen LogP contribution in [0.4, 0.5) is 26.3 Å². The van der Waals surface area contributed by atoms with Gasteiger partial charge in [0.1, 0.15) is 0 Å². The number of alkyl halides is 6. The fourth-order valence-corrected chi connectivity index (χ4v) is 10.1. The van der Waals surface area contributed by atoms with Gasteiger partial charge in [0, 0.05) is 0 Å². The molecule has 0 rings (SSSR count). The molecule has 0 aliphatic rings. The van der Waals surface area contributed by atoms with Gasteiger partial charge in [0.25, 0.3) is 0 Å². The van der Waals surface area contributed by atoms with E-state index in [4.69, 9.17) is 0 Å². The third kappa shape index (κ3) is 2.99. The van der Waals surface area contributed by atoms with Crippen molar-refractivity contribution in [2.24, 2.45) is 0 Å². The minimum atomic E-state index is -6.70. The van der Waals surface area contributed by atoms with Crippen molar-refractivity contribution < 1.29 is 32.5 Å². The monoisotopic (exact) mass is 404 g/mol. The summed E-state index contributed by atoms with van der Waals surface area (Å²) in [4.78, 5) is 0. The fourth-order valence-electron chi connectivity index (χ4n) is 1.77. The van der Waals surface area contributed by atoms with Crippen molar-refractivity contribution in [1.29, 1.82) is 0 Å². The molecule has 0 aromatic rings. The normalized spacial score (nSPS) is 17.4. The van der Waals surface area contributed by atoms with Gasteiger partial charge in [0.2, 0.25) is 0 Å². The zero-order valence-electron chi connectivity index (χ0n) is 11.2. The van der Waals surface area contributed by atoms with Gasteiger partial charge >= 0.3 is 113 Å². The Labute approximate surface area is 113 Å². The molecule has 0 saturated heterocycles. The summed E-state index contributed by atoms with van der Waals surface area (Å²) >= 11 is -6.70. The Balaban J connectivity index is 5.86. The van der Waals surface area contributed by atoms with Crippen LogP contribution in [0, 0.1) is 0 Å². The molecule has 2 unspecified atom stereocenters. The molecular formula is C10H18F6O2Sn. The van der Waals surface area contributed by atoms with Crippen LogP contribution < -0.4 is 0 Å². The summed E-state index contributed by atoms with van der Waals surface area (Å²) in [6.45, 7) is 2.15. The molecule has 0 amide bonds. The van der Waals surface area contributed by atoms with Gasteiger partial charge in [-0.2, -0.15) is 0 Å². The summed E-state index contributed by atoms with van der Waals surface area (Å²) < 4.78 is 82.1. The summed E-state index contributed by atoms with van der Waals surface area (Å²) in [5.41, 5.74) is 0. The van der Waals surface area contributed by atoms with E-state index in [1.165, 1.54) is 0 Å². The average molecular weight is 403 g/mol. The first-order valence-electron chi connectivity index (χ1n) is 5.73. The van der Waals surface area contributed by atoms with Gasteiger partial charge in [0.15, 0.2) is 0 Å². The number of hydrogen-bond donors (Lipinski definition) is 0. The van der Waals surface area contributed by atoms with E-state index in [1.54, 1.807) is 0 Å². The Morgan fingerprint density at radius 2 is 1.11 bits per heavy atom. The summed E-state index contributed by atoms with van der Waals surface area (Å²) in [7, 11) is 1.18. The summed E-state index contributed by atoms with van der Waals surface area (Å²) in [5, 5.41) is 0. The molecular weight excluding hydrogens is 385 g/mol. The molecule has 0 fully saturated rings. The van der Waals surface area contributed by atoms with Gasteiger partial charge < -0.3 is 0 Å². The second-order valence-electron chi connectivity index (χ2n) is 4.02. The molecule has 0 spiro atoms. The van der Waals surface area contributed by atoms with E-state index >= 15 is 0 Å². The van der Waals surface area contributed by atoms with Crippen molar-refractivity contribution in [3.05, 3.63) is 0 Å². The molecule has 0 aromatic carbocycles. The van der Waals surface area contributed by atoms with Crippen LogP contribution in [0.5, 0.6) is 0 Å². The number of hydrogen-bond acceptors (Lipinski definition) is 2. The average Bonchev–Trinajstić information content (AvgIpc) is 2.37. The maximum atomic E-state index is 14.0. The Morgan fingerprint density at radius 1 is 0.842 bits per heavy atom. The number of halogens is 6. The quantitative estimate of drug-likeness (QED) is 0.456. The van der Waals surface area contributed by atoms with E-state index in [-0.39, 0.29) is 0 Å². The van der Waals surface area contributed by atoms with E-state index in [9.17, 15) is 26.3 Å². The van der Waals surface area contributed by atoms with Crippen LogP contribution in [0.25, 0.3) is 0 Å². The first-order valence-corrected chi connectivity index (χ1v) is 10.9. The standard InChI is InChI=1S/2C4H6F3.2CH3O.Sn/c2*1-2-3(5)4(6)7;2*1-2;/h2*3H,2H2,1H3;2*1H3;/q;;2*-1;+2. The molecule has 19 heavy (non-hydrogen) atoms. The zero-order valence-corrected chi connectivity index (χ0v) is 14.0. The van der Waals surface area contributed by atoms with Crippen molar-refractivity contribution in [1.82, 2.24) is 0 Å². The van der Waals surface area contributed by atoms with E-state index in [0.717, 1.165) is 13.8 Å². The maximum absolute atomic E-state index is 14.0. The van der Waals surface area contributed by atoms with Gasteiger partial charge in [-0.3, -0.25) is 0 Å². The fraction of sp³-hybridized carbons (Fsp3) is 1.00. The predicted molar refractivity (Wildman–Crippen MR) is 60.0 cm³/mol. The van der Waals surface area contributed by atoms with E-state index in [2.05, 4.69) is 6.15 Å². The Hall–Kier alpha value is 0.299. The number of rotatable bonds is 8. The SMILES string of the molecule is CCC(F)[C](F)(F)[Sn]([O]C)([O]C)[C](F)(F)C(F)CC. The van der Waals surface area contributed by atoms with Gasteiger partial charge in [0.05, 0.1) is 0 Å². The molecule has 0 saturated carbocycles. The van der Waals surface area contributed by atoms with Gasteiger partial charge in [-0.05, 0) is 0 Å². The molecule has 9 heteroatoms. The third-order valence-corrected chi connectivity index (χ3v) is 13.0. The molecule has 2 nitrogen and oxygen atoms in total. The van der Waals surface area contributed by atoms with Crippen LogP contribution in [-0.4, -0.2) is 53.6 Å². The molecule has 0 aromatic heterocycles. The minimum absolute atomic E-state index is 0.589. The van der Waals surface area contributed by atoms with Gasteiger partial charge in [-0.25, -0.2) is 0 Å². The molecule has 0 radical (unpaired) electrons. The van der Waals surface area contributed by atoms with Crippen LogP contribution in [0.1, 0.15) is 26.7 Å². The molecule has 0 heterocycles. The second-order valence-corrected chi connectivity index (χ2v) is 13.7. The third-order valence-electron chi connectivity index (χ3n) is 2.96. The summed E-state index contributed by atoms with van der Waals surface area (Å²) in [6.07, 6.45) is -7.12. The molecule has 0 aliphatic carbocycles. The van der Waals surface area contributed by atoms with Crippen LogP contribution in [0.2, 0.25) is 0 Å².